The van der Waals surface area contributed by atoms with E-state index in [9.17, 15) is 9.59 Å². The van der Waals surface area contributed by atoms with Crippen LogP contribution in [0, 0.1) is 0 Å². The van der Waals surface area contributed by atoms with E-state index in [0.29, 0.717) is 24.2 Å². The molecular formula is C18H22N4O3S. The molecule has 1 fully saturated rings. The molecule has 1 saturated heterocycles. The van der Waals surface area contributed by atoms with Gasteiger partial charge in [0.2, 0.25) is 11.8 Å². The van der Waals surface area contributed by atoms with Crippen LogP contribution < -0.4 is 5.32 Å². The van der Waals surface area contributed by atoms with Crippen molar-refractivity contribution in [2.24, 2.45) is 0 Å². The van der Waals surface area contributed by atoms with Crippen molar-refractivity contribution < 1.29 is 14.0 Å². The van der Waals surface area contributed by atoms with E-state index in [1.807, 2.05) is 24.3 Å². The Labute approximate surface area is 156 Å². The number of rotatable bonds is 4. The van der Waals surface area contributed by atoms with Crippen molar-refractivity contribution in [1.29, 1.82) is 0 Å². The van der Waals surface area contributed by atoms with Gasteiger partial charge in [0, 0.05) is 18.7 Å². The van der Waals surface area contributed by atoms with Crippen molar-refractivity contribution in [2.45, 2.75) is 43.6 Å². The molecule has 1 aliphatic heterocycles. The fraction of sp³-hybridized carbons (Fsp3) is 0.444. The molecule has 0 unspecified atom stereocenters. The highest BCUT2D eigenvalue weighted by Crippen LogP contribution is 2.29. The lowest BCUT2D eigenvalue weighted by atomic mass is 9.87. The molecule has 1 aliphatic rings. The molecule has 1 aromatic carbocycles. The number of carbonyl (C=O) groups is 2. The number of nitrogens with zero attached hydrogens (tertiary/aromatic N) is 3. The number of nitrogens with one attached hydrogen (secondary N) is 1. The highest BCUT2D eigenvalue weighted by molar-refractivity contribution is 8.00. The van der Waals surface area contributed by atoms with Crippen LogP contribution in [0.1, 0.15) is 33.3 Å². The first kappa shape index (κ1) is 18.4. The zero-order chi connectivity index (χ0) is 18.9. The lowest BCUT2D eigenvalue weighted by Gasteiger charge is -2.18. The molecule has 0 radical (unpaired) electrons. The van der Waals surface area contributed by atoms with Gasteiger partial charge in [0.05, 0.1) is 5.25 Å². The zero-order valence-electron chi connectivity index (χ0n) is 15.3. The van der Waals surface area contributed by atoms with Gasteiger partial charge in [-0.1, -0.05) is 44.7 Å². The first-order valence-corrected chi connectivity index (χ1v) is 9.34. The Balaban J connectivity index is 1.68. The second-order valence-corrected chi connectivity index (χ2v) is 8.47. The summed E-state index contributed by atoms with van der Waals surface area (Å²) in [6.45, 7) is 9.06. The van der Waals surface area contributed by atoms with Crippen LogP contribution in [0.3, 0.4) is 0 Å². The van der Waals surface area contributed by atoms with E-state index in [1.54, 1.807) is 6.92 Å². The van der Waals surface area contributed by atoms with Crippen LogP contribution in [-0.2, 0) is 10.2 Å². The number of amides is 3. The Morgan fingerprint density at radius 2 is 1.96 bits per heavy atom. The SMILES string of the molecule is C[C@@H](Sc1nnc(-c2ccc(C(C)(C)C)cc2)o1)C(=O)N1CCNC1=O. The molecule has 8 heteroatoms. The predicted molar refractivity (Wildman–Crippen MR) is 98.9 cm³/mol. The maximum Gasteiger partial charge on any atom is 0.324 e. The summed E-state index contributed by atoms with van der Waals surface area (Å²) in [5.74, 6) is 0.144. The molecule has 0 bridgehead atoms. The third-order valence-corrected chi connectivity index (χ3v) is 5.07. The van der Waals surface area contributed by atoms with Crippen LogP contribution in [-0.4, -0.2) is 45.4 Å². The molecule has 2 heterocycles. The van der Waals surface area contributed by atoms with Gasteiger partial charge in [-0.3, -0.25) is 9.69 Å². The van der Waals surface area contributed by atoms with Crippen LogP contribution in [0.25, 0.3) is 11.5 Å². The van der Waals surface area contributed by atoms with E-state index in [4.69, 9.17) is 4.42 Å². The summed E-state index contributed by atoms with van der Waals surface area (Å²) >= 11 is 1.15. The molecule has 0 spiro atoms. The van der Waals surface area contributed by atoms with E-state index in [0.717, 1.165) is 17.3 Å². The average Bonchev–Trinajstić information content (AvgIpc) is 3.22. The number of thioether (sulfide) groups is 1. The van der Waals surface area contributed by atoms with Gasteiger partial charge >= 0.3 is 6.03 Å². The number of hydrogen-bond acceptors (Lipinski definition) is 6. The largest absolute Gasteiger partial charge is 0.411 e. The van der Waals surface area contributed by atoms with E-state index >= 15 is 0 Å². The number of imide groups is 1. The van der Waals surface area contributed by atoms with Gasteiger partial charge in [0.15, 0.2) is 0 Å². The number of carbonyl (C=O) groups excluding carboxylic acids is 2. The van der Waals surface area contributed by atoms with Gasteiger partial charge in [0.25, 0.3) is 5.22 Å². The summed E-state index contributed by atoms with van der Waals surface area (Å²) in [7, 11) is 0. The molecule has 26 heavy (non-hydrogen) atoms. The van der Waals surface area contributed by atoms with E-state index in [-0.39, 0.29) is 17.4 Å². The predicted octanol–water partition coefficient (Wildman–Crippen LogP) is 3.07. The Morgan fingerprint density at radius 1 is 1.27 bits per heavy atom. The molecule has 138 valence electrons. The molecule has 1 atom stereocenters. The third kappa shape index (κ3) is 3.90. The first-order valence-electron chi connectivity index (χ1n) is 8.46. The van der Waals surface area contributed by atoms with E-state index in [2.05, 4.69) is 36.3 Å². The van der Waals surface area contributed by atoms with Crippen molar-refractivity contribution in [3.05, 3.63) is 29.8 Å². The van der Waals surface area contributed by atoms with Gasteiger partial charge in [-0.05, 0) is 30.0 Å². The summed E-state index contributed by atoms with van der Waals surface area (Å²) < 4.78 is 5.67. The number of aromatic nitrogens is 2. The van der Waals surface area contributed by atoms with Crippen molar-refractivity contribution >= 4 is 23.7 Å². The van der Waals surface area contributed by atoms with Gasteiger partial charge in [-0.2, -0.15) is 0 Å². The number of hydrogen-bond donors (Lipinski definition) is 1. The summed E-state index contributed by atoms with van der Waals surface area (Å²) in [6, 6.07) is 7.64. The molecule has 2 aromatic rings. The van der Waals surface area contributed by atoms with Gasteiger partial charge in [-0.15, -0.1) is 10.2 Å². The Morgan fingerprint density at radius 3 is 2.54 bits per heavy atom. The van der Waals surface area contributed by atoms with Crippen LogP contribution in [0.2, 0.25) is 0 Å². The zero-order valence-corrected chi connectivity index (χ0v) is 16.1. The fourth-order valence-corrected chi connectivity index (χ4v) is 3.34. The van der Waals surface area contributed by atoms with Crippen molar-refractivity contribution in [2.75, 3.05) is 13.1 Å². The van der Waals surface area contributed by atoms with E-state index in [1.165, 1.54) is 10.5 Å². The summed E-state index contributed by atoms with van der Waals surface area (Å²) in [6.07, 6.45) is 0. The van der Waals surface area contributed by atoms with E-state index < -0.39 is 5.25 Å². The number of benzene rings is 1. The summed E-state index contributed by atoms with van der Waals surface area (Å²) in [5, 5.41) is 10.5. The molecule has 0 aliphatic carbocycles. The Hall–Kier alpha value is -2.35. The molecule has 7 nitrogen and oxygen atoms in total. The van der Waals surface area contributed by atoms with Crippen molar-refractivity contribution in [3.8, 4) is 11.5 Å². The Kier molecular flexibility index (Phi) is 5.04. The fourth-order valence-electron chi connectivity index (χ4n) is 2.59. The normalized spacial score (nSPS) is 15.8. The molecule has 3 amide bonds. The van der Waals surface area contributed by atoms with Crippen LogP contribution >= 0.6 is 11.8 Å². The second kappa shape index (κ2) is 7.11. The topological polar surface area (TPSA) is 88.3 Å². The molecular weight excluding hydrogens is 352 g/mol. The van der Waals surface area contributed by atoms with Gasteiger partial charge in [-0.25, -0.2) is 4.79 Å². The monoisotopic (exact) mass is 374 g/mol. The lowest BCUT2D eigenvalue weighted by molar-refractivity contribution is -0.126. The standard InChI is InChI=1S/C18H22N4O3S/c1-11(15(23)22-10-9-19-16(22)24)26-17-21-20-14(25-17)12-5-7-13(8-6-12)18(2,3)4/h5-8,11H,9-10H2,1-4H3,(H,19,24)/t11-/m1/s1. The quantitative estimate of drug-likeness (QED) is 0.828. The summed E-state index contributed by atoms with van der Waals surface area (Å²) in [4.78, 5) is 25.1. The molecule has 1 N–H and O–H groups in total. The number of urea groups is 1. The summed E-state index contributed by atoms with van der Waals surface area (Å²) in [5.41, 5.74) is 2.13. The molecule has 0 saturated carbocycles. The smallest absolute Gasteiger partial charge is 0.324 e. The van der Waals surface area contributed by atoms with Gasteiger partial charge < -0.3 is 9.73 Å². The highest BCUT2D eigenvalue weighted by Gasteiger charge is 2.31. The molecule has 3 rings (SSSR count). The van der Waals surface area contributed by atoms with Gasteiger partial charge in [0.1, 0.15) is 0 Å². The Bertz CT molecular complexity index is 811. The van der Waals surface area contributed by atoms with Crippen LogP contribution in [0.4, 0.5) is 4.79 Å². The maximum atomic E-state index is 12.3. The van der Waals surface area contributed by atoms with Crippen LogP contribution in [0.5, 0.6) is 0 Å². The van der Waals surface area contributed by atoms with Crippen molar-refractivity contribution in [3.63, 3.8) is 0 Å². The minimum atomic E-state index is -0.490. The molecule has 1 aromatic heterocycles. The minimum absolute atomic E-state index is 0.0754. The highest BCUT2D eigenvalue weighted by atomic mass is 32.2. The second-order valence-electron chi connectivity index (χ2n) is 7.18. The average molecular weight is 374 g/mol. The van der Waals surface area contributed by atoms with Crippen molar-refractivity contribution in [1.82, 2.24) is 20.4 Å². The minimum Gasteiger partial charge on any atom is -0.411 e. The van der Waals surface area contributed by atoms with Crippen LogP contribution in [0.15, 0.2) is 33.9 Å². The third-order valence-electron chi connectivity index (χ3n) is 4.15. The first-order chi connectivity index (χ1) is 12.3. The maximum absolute atomic E-state index is 12.3. The lowest BCUT2D eigenvalue weighted by Crippen LogP contribution is -2.38.